The second-order valence-electron chi connectivity index (χ2n) is 7.87. The largest absolute Gasteiger partial charge is 0.459 e. The molecule has 0 bridgehead atoms. The molecule has 0 unspecified atom stereocenters. The number of furan rings is 1. The molecule has 7 nitrogen and oxygen atoms in total. The first kappa shape index (κ1) is 19.0. The van der Waals surface area contributed by atoms with Crippen molar-refractivity contribution in [2.45, 2.75) is 31.8 Å². The molecule has 0 radical (unpaired) electrons. The Balaban J connectivity index is 1.20. The predicted octanol–water partition coefficient (Wildman–Crippen LogP) is 1.51. The number of fused-ring (bicyclic) bond motifs is 1. The molecule has 1 aromatic heterocycles. The molecule has 2 amide bonds. The lowest BCUT2D eigenvalue weighted by Crippen LogP contribution is -2.51. The number of piperazine rings is 1. The van der Waals surface area contributed by atoms with E-state index >= 15 is 0 Å². The van der Waals surface area contributed by atoms with Crippen LogP contribution < -0.4 is 10.6 Å². The van der Waals surface area contributed by atoms with Gasteiger partial charge in [-0.15, -0.1) is 0 Å². The highest BCUT2D eigenvalue weighted by Crippen LogP contribution is 2.23. The van der Waals surface area contributed by atoms with E-state index in [-0.39, 0.29) is 17.9 Å². The molecule has 1 atom stereocenters. The maximum Gasteiger partial charge on any atom is 0.234 e. The predicted molar refractivity (Wildman–Crippen MR) is 107 cm³/mol. The second kappa shape index (κ2) is 8.32. The van der Waals surface area contributed by atoms with Gasteiger partial charge in [0.15, 0.2) is 0 Å². The molecular formula is C21H28N4O3. The number of nitrogens with zero attached hydrogens (tertiary/aromatic N) is 2. The molecule has 28 heavy (non-hydrogen) atoms. The van der Waals surface area contributed by atoms with Gasteiger partial charge in [0.1, 0.15) is 11.3 Å². The van der Waals surface area contributed by atoms with Gasteiger partial charge in [-0.2, -0.15) is 0 Å². The van der Waals surface area contributed by atoms with Gasteiger partial charge >= 0.3 is 0 Å². The molecular weight excluding hydrogens is 356 g/mol. The maximum absolute atomic E-state index is 12.4. The van der Waals surface area contributed by atoms with Crippen LogP contribution in [0.2, 0.25) is 0 Å². The topological polar surface area (TPSA) is 77.8 Å². The van der Waals surface area contributed by atoms with Crippen molar-refractivity contribution in [3.05, 3.63) is 36.1 Å². The number of amides is 2. The van der Waals surface area contributed by atoms with Crippen LogP contribution in [0.25, 0.3) is 11.0 Å². The number of rotatable bonds is 7. The first-order chi connectivity index (χ1) is 13.6. The first-order valence-electron chi connectivity index (χ1n) is 10.1. The Morgan fingerprint density at radius 1 is 1.07 bits per heavy atom. The third kappa shape index (κ3) is 4.91. The quantitative estimate of drug-likeness (QED) is 0.757. The average Bonchev–Trinajstić information content (AvgIpc) is 3.37. The van der Waals surface area contributed by atoms with Crippen LogP contribution in [-0.4, -0.2) is 66.9 Å². The standard InChI is InChI=1S/C21H28N4O3/c1-15(19-12-16-4-2-3-5-18(16)28-19)22-20(26)13-24-8-10-25(11-9-24)14-21(27)23-17-6-7-17/h2-5,12,15,17H,6-11,13-14H2,1H3,(H,22,26)(H,23,27)/t15-/m0/s1. The fourth-order valence-corrected chi connectivity index (χ4v) is 3.59. The fraction of sp³-hybridized carbons (Fsp3) is 0.524. The maximum atomic E-state index is 12.4. The van der Waals surface area contributed by atoms with Crippen LogP contribution in [0.15, 0.2) is 34.7 Å². The number of carbonyl (C=O) groups is 2. The highest BCUT2D eigenvalue weighted by atomic mass is 16.3. The molecule has 2 fully saturated rings. The summed E-state index contributed by atoms with van der Waals surface area (Å²) in [5.41, 5.74) is 0.834. The van der Waals surface area contributed by atoms with Crippen molar-refractivity contribution in [3.63, 3.8) is 0 Å². The summed E-state index contributed by atoms with van der Waals surface area (Å²) in [5.74, 6) is 0.877. The van der Waals surface area contributed by atoms with Crippen LogP contribution in [0.1, 0.15) is 31.6 Å². The molecule has 2 aliphatic rings. The molecule has 1 saturated heterocycles. The zero-order valence-corrected chi connectivity index (χ0v) is 16.3. The zero-order chi connectivity index (χ0) is 19.5. The second-order valence-corrected chi connectivity index (χ2v) is 7.87. The Hall–Kier alpha value is -2.38. The van der Waals surface area contributed by atoms with E-state index in [1.807, 2.05) is 37.3 Å². The smallest absolute Gasteiger partial charge is 0.234 e. The number of para-hydroxylation sites is 1. The van der Waals surface area contributed by atoms with Gasteiger partial charge in [0, 0.05) is 37.6 Å². The first-order valence-corrected chi connectivity index (χ1v) is 10.1. The summed E-state index contributed by atoms with van der Waals surface area (Å²) in [6.45, 7) is 5.97. The van der Waals surface area contributed by atoms with Gasteiger partial charge in [-0.25, -0.2) is 0 Å². The van der Waals surface area contributed by atoms with Crippen molar-refractivity contribution < 1.29 is 14.0 Å². The van der Waals surface area contributed by atoms with Crippen LogP contribution in [0.4, 0.5) is 0 Å². The minimum Gasteiger partial charge on any atom is -0.459 e. The number of nitrogens with one attached hydrogen (secondary N) is 2. The van der Waals surface area contributed by atoms with Crippen LogP contribution >= 0.6 is 0 Å². The zero-order valence-electron chi connectivity index (χ0n) is 16.3. The Kier molecular flexibility index (Phi) is 5.64. The van der Waals surface area contributed by atoms with Crippen LogP contribution in [-0.2, 0) is 9.59 Å². The summed E-state index contributed by atoms with van der Waals surface area (Å²) < 4.78 is 5.83. The lowest BCUT2D eigenvalue weighted by molar-refractivity contribution is -0.125. The van der Waals surface area contributed by atoms with Crippen molar-refractivity contribution in [1.29, 1.82) is 0 Å². The molecule has 1 aliphatic carbocycles. The average molecular weight is 384 g/mol. The minimum absolute atomic E-state index is 0.00659. The molecule has 1 aliphatic heterocycles. The molecule has 150 valence electrons. The summed E-state index contributed by atoms with van der Waals surface area (Å²) in [7, 11) is 0. The highest BCUT2D eigenvalue weighted by molar-refractivity contribution is 5.80. The molecule has 0 spiro atoms. The van der Waals surface area contributed by atoms with E-state index in [9.17, 15) is 9.59 Å². The van der Waals surface area contributed by atoms with E-state index in [1.54, 1.807) is 0 Å². The van der Waals surface area contributed by atoms with Gasteiger partial charge in [-0.3, -0.25) is 19.4 Å². The Morgan fingerprint density at radius 2 is 1.71 bits per heavy atom. The number of hydrogen-bond donors (Lipinski definition) is 2. The summed E-state index contributed by atoms with van der Waals surface area (Å²) >= 11 is 0. The lowest BCUT2D eigenvalue weighted by Gasteiger charge is -2.34. The number of hydrogen-bond acceptors (Lipinski definition) is 5. The Labute approximate surface area is 165 Å². The van der Waals surface area contributed by atoms with E-state index in [1.165, 1.54) is 0 Å². The number of carbonyl (C=O) groups excluding carboxylic acids is 2. The summed E-state index contributed by atoms with van der Waals surface area (Å²) in [6.07, 6.45) is 2.22. The van der Waals surface area contributed by atoms with Crippen molar-refractivity contribution >= 4 is 22.8 Å². The molecule has 2 heterocycles. The molecule has 2 aromatic rings. The van der Waals surface area contributed by atoms with Crippen molar-refractivity contribution in [2.24, 2.45) is 0 Å². The monoisotopic (exact) mass is 384 g/mol. The van der Waals surface area contributed by atoms with Crippen LogP contribution in [0.3, 0.4) is 0 Å². The molecule has 4 rings (SSSR count). The molecule has 2 N–H and O–H groups in total. The minimum atomic E-state index is -0.174. The number of benzene rings is 1. The Morgan fingerprint density at radius 3 is 2.36 bits per heavy atom. The van der Waals surface area contributed by atoms with E-state index < -0.39 is 0 Å². The van der Waals surface area contributed by atoms with Gasteiger partial charge in [0.2, 0.25) is 11.8 Å². The van der Waals surface area contributed by atoms with Gasteiger partial charge in [0.25, 0.3) is 0 Å². The van der Waals surface area contributed by atoms with E-state index in [0.717, 1.165) is 55.8 Å². The third-order valence-corrected chi connectivity index (χ3v) is 5.39. The Bertz CT molecular complexity index is 804. The summed E-state index contributed by atoms with van der Waals surface area (Å²) in [4.78, 5) is 28.6. The molecule has 1 aromatic carbocycles. The van der Waals surface area contributed by atoms with Gasteiger partial charge in [-0.1, -0.05) is 18.2 Å². The van der Waals surface area contributed by atoms with Gasteiger partial charge in [-0.05, 0) is 31.9 Å². The van der Waals surface area contributed by atoms with Gasteiger partial charge < -0.3 is 15.1 Å². The third-order valence-electron chi connectivity index (χ3n) is 5.39. The van der Waals surface area contributed by atoms with Crippen molar-refractivity contribution in [2.75, 3.05) is 39.3 Å². The highest BCUT2D eigenvalue weighted by Gasteiger charge is 2.26. The normalized spacial score (nSPS) is 19.5. The lowest BCUT2D eigenvalue weighted by atomic mass is 10.2. The van der Waals surface area contributed by atoms with Gasteiger partial charge in [0.05, 0.1) is 19.1 Å². The summed E-state index contributed by atoms with van der Waals surface area (Å²) in [6, 6.07) is 10.1. The fourth-order valence-electron chi connectivity index (χ4n) is 3.59. The van der Waals surface area contributed by atoms with E-state index in [2.05, 4.69) is 20.4 Å². The van der Waals surface area contributed by atoms with E-state index in [4.69, 9.17) is 4.42 Å². The van der Waals surface area contributed by atoms with Crippen LogP contribution in [0.5, 0.6) is 0 Å². The summed E-state index contributed by atoms with van der Waals surface area (Å²) in [5, 5.41) is 7.09. The van der Waals surface area contributed by atoms with Crippen LogP contribution in [0, 0.1) is 0 Å². The van der Waals surface area contributed by atoms with Crippen molar-refractivity contribution in [1.82, 2.24) is 20.4 Å². The van der Waals surface area contributed by atoms with E-state index in [0.29, 0.717) is 19.1 Å². The van der Waals surface area contributed by atoms with Crippen molar-refractivity contribution in [3.8, 4) is 0 Å². The molecule has 7 heteroatoms. The SMILES string of the molecule is C[C@H](NC(=O)CN1CCN(CC(=O)NC2CC2)CC1)c1cc2ccccc2o1. The molecule has 1 saturated carbocycles.